The van der Waals surface area contributed by atoms with E-state index in [2.05, 4.69) is 20.8 Å². The molecule has 1 rings (SSSR count). The van der Waals surface area contributed by atoms with Gasteiger partial charge in [0, 0.05) is 0 Å². The average molecular weight is 250 g/mol. The minimum Gasteiger partial charge on any atom is -0.504 e. The van der Waals surface area contributed by atoms with Crippen LogP contribution in [0.4, 0.5) is 0 Å². The topological polar surface area (TPSA) is 38.7 Å². The Morgan fingerprint density at radius 1 is 1.33 bits per heavy atom. The maximum absolute atomic E-state index is 9.47. The zero-order valence-electron chi connectivity index (χ0n) is 11.6. The zero-order chi connectivity index (χ0) is 13.6. The van der Waals surface area contributed by atoms with Crippen LogP contribution in [0.3, 0.4) is 0 Å². The van der Waals surface area contributed by atoms with Gasteiger partial charge in [-0.3, -0.25) is 0 Å². The van der Waals surface area contributed by atoms with E-state index in [9.17, 15) is 5.11 Å². The van der Waals surface area contributed by atoms with Crippen LogP contribution in [0.25, 0.3) is 6.08 Å². The summed E-state index contributed by atoms with van der Waals surface area (Å²) in [5, 5.41) is 9.47. The van der Waals surface area contributed by atoms with E-state index >= 15 is 0 Å². The molecule has 0 radical (unpaired) electrons. The van der Waals surface area contributed by atoms with E-state index in [4.69, 9.17) is 9.47 Å². The van der Waals surface area contributed by atoms with Gasteiger partial charge in [0.2, 0.25) is 0 Å². The summed E-state index contributed by atoms with van der Waals surface area (Å²) in [6.07, 6.45) is 4.89. The molecule has 3 nitrogen and oxygen atoms in total. The second kappa shape index (κ2) is 6.45. The Hall–Kier alpha value is -1.48. The first kappa shape index (κ1) is 14.6. The highest BCUT2D eigenvalue weighted by atomic mass is 16.5. The van der Waals surface area contributed by atoms with Crippen LogP contribution >= 0.6 is 0 Å². The van der Waals surface area contributed by atoms with E-state index in [1.54, 1.807) is 12.1 Å². The van der Waals surface area contributed by atoms with Crippen molar-refractivity contribution in [3.8, 4) is 11.5 Å². The van der Waals surface area contributed by atoms with Crippen molar-refractivity contribution in [3.63, 3.8) is 0 Å². The van der Waals surface area contributed by atoms with Gasteiger partial charge >= 0.3 is 0 Å². The third-order valence-electron chi connectivity index (χ3n) is 2.94. The van der Waals surface area contributed by atoms with Crippen molar-refractivity contribution < 1.29 is 14.6 Å². The van der Waals surface area contributed by atoms with Crippen molar-refractivity contribution in [3.05, 3.63) is 29.8 Å². The molecule has 0 spiro atoms. The smallest absolute Gasteiger partial charge is 0.161 e. The Morgan fingerprint density at radius 3 is 2.67 bits per heavy atom. The van der Waals surface area contributed by atoms with Crippen molar-refractivity contribution in [2.45, 2.75) is 32.8 Å². The van der Waals surface area contributed by atoms with Gasteiger partial charge in [-0.05, 0) is 38.0 Å². The fourth-order valence-corrected chi connectivity index (χ4v) is 1.36. The summed E-state index contributed by atoms with van der Waals surface area (Å²) in [6.45, 7) is 6.83. The quantitative estimate of drug-likeness (QED) is 0.838. The number of hydrogen-bond donors (Lipinski definition) is 1. The van der Waals surface area contributed by atoms with E-state index in [0.717, 1.165) is 12.0 Å². The Morgan fingerprint density at radius 2 is 2.06 bits per heavy atom. The SMILES string of the molecule is CCC(C)(C)OCC=Cc1ccc(O)c(OC)c1. The summed E-state index contributed by atoms with van der Waals surface area (Å²) in [5.74, 6) is 0.630. The van der Waals surface area contributed by atoms with Gasteiger partial charge < -0.3 is 14.6 Å². The lowest BCUT2D eigenvalue weighted by Crippen LogP contribution is -2.22. The standard InChI is InChI=1S/C15H22O3/c1-5-15(2,3)18-10-6-7-12-8-9-13(16)14(11-12)17-4/h6-9,11,16H,5,10H2,1-4H3. The first-order valence-corrected chi connectivity index (χ1v) is 6.16. The molecular weight excluding hydrogens is 228 g/mol. The molecule has 0 bridgehead atoms. The van der Waals surface area contributed by atoms with Gasteiger partial charge in [-0.25, -0.2) is 0 Å². The van der Waals surface area contributed by atoms with Gasteiger partial charge in [-0.15, -0.1) is 0 Å². The summed E-state index contributed by atoms with van der Waals surface area (Å²) < 4.78 is 10.8. The molecule has 3 heteroatoms. The van der Waals surface area contributed by atoms with Crippen LogP contribution in [0.2, 0.25) is 0 Å². The fraction of sp³-hybridized carbons (Fsp3) is 0.467. The molecule has 1 aromatic rings. The predicted octanol–water partition coefficient (Wildman–Crippen LogP) is 3.62. The molecule has 0 unspecified atom stereocenters. The Kier molecular flexibility index (Phi) is 5.23. The first-order chi connectivity index (χ1) is 8.48. The van der Waals surface area contributed by atoms with E-state index < -0.39 is 0 Å². The van der Waals surface area contributed by atoms with E-state index in [-0.39, 0.29) is 11.4 Å². The molecule has 1 aromatic carbocycles. The summed E-state index contributed by atoms with van der Waals surface area (Å²) in [4.78, 5) is 0. The van der Waals surface area contributed by atoms with Crippen LogP contribution in [0.15, 0.2) is 24.3 Å². The Balaban J connectivity index is 2.57. The second-order valence-corrected chi connectivity index (χ2v) is 4.76. The molecule has 18 heavy (non-hydrogen) atoms. The Labute approximate surface area is 109 Å². The number of phenols is 1. The fourth-order valence-electron chi connectivity index (χ4n) is 1.36. The molecule has 0 aliphatic heterocycles. The van der Waals surface area contributed by atoms with Crippen molar-refractivity contribution in [1.82, 2.24) is 0 Å². The van der Waals surface area contributed by atoms with Gasteiger partial charge in [0.1, 0.15) is 0 Å². The van der Waals surface area contributed by atoms with Crippen LogP contribution < -0.4 is 4.74 Å². The van der Waals surface area contributed by atoms with Gasteiger partial charge in [0.05, 0.1) is 19.3 Å². The van der Waals surface area contributed by atoms with E-state index in [0.29, 0.717) is 12.4 Å². The van der Waals surface area contributed by atoms with Gasteiger partial charge in [-0.1, -0.05) is 25.1 Å². The van der Waals surface area contributed by atoms with E-state index in [1.807, 2.05) is 18.2 Å². The maximum atomic E-state index is 9.47. The number of rotatable bonds is 6. The molecule has 0 saturated heterocycles. The molecule has 100 valence electrons. The van der Waals surface area contributed by atoms with Crippen molar-refractivity contribution in [2.24, 2.45) is 0 Å². The molecular formula is C15H22O3. The number of hydrogen-bond acceptors (Lipinski definition) is 3. The van der Waals surface area contributed by atoms with Crippen molar-refractivity contribution >= 4 is 6.08 Å². The summed E-state index contributed by atoms with van der Waals surface area (Å²) in [7, 11) is 1.54. The number of phenolic OH excluding ortho intramolecular Hbond substituents is 1. The normalized spacial score (nSPS) is 12.0. The largest absolute Gasteiger partial charge is 0.504 e. The molecule has 0 aliphatic carbocycles. The van der Waals surface area contributed by atoms with Crippen LogP contribution in [-0.2, 0) is 4.74 Å². The molecule has 0 fully saturated rings. The molecule has 0 aromatic heterocycles. The lowest BCUT2D eigenvalue weighted by Gasteiger charge is -2.22. The molecule has 0 atom stereocenters. The minimum atomic E-state index is -0.0863. The Bertz CT molecular complexity index is 408. The van der Waals surface area contributed by atoms with Crippen LogP contribution in [0.1, 0.15) is 32.8 Å². The number of methoxy groups -OCH3 is 1. The van der Waals surface area contributed by atoms with Crippen LogP contribution in [0.5, 0.6) is 11.5 Å². The molecule has 1 N–H and O–H groups in total. The summed E-state index contributed by atoms with van der Waals surface area (Å²) in [6, 6.07) is 5.24. The highest BCUT2D eigenvalue weighted by Crippen LogP contribution is 2.26. The molecule has 0 saturated carbocycles. The van der Waals surface area contributed by atoms with Crippen LogP contribution in [0, 0.1) is 0 Å². The minimum absolute atomic E-state index is 0.0863. The molecule has 0 amide bonds. The second-order valence-electron chi connectivity index (χ2n) is 4.76. The van der Waals surface area contributed by atoms with E-state index in [1.165, 1.54) is 7.11 Å². The first-order valence-electron chi connectivity index (χ1n) is 6.16. The van der Waals surface area contributed by atoms with Crippen LogP contribution in [-0.4, -0.2) is 24.4 Å². The highest BCUT2D eigenvalue weighted by Gasteiger charge is 2.13. The molecule has 0 aliphatic rings. The van der Waals surface area contributed by atoms with Gasteiger partial charge in [0.25, 0.3) is 0 Å². The van der Waals surface area contributed by atoms with Crippen molar-refractivity contribution in [2.75, 3.05) is 13.7 Å². The lowest BCUT2D eigenvalue weighted by atomic mass is 10.1. The monoisotopic (exact) mass is 250 g/mol. The lowest BCUT2D eigenvalue weighted by molar-refractivity contribution is -0.00324. The van der Waals surface area contributed by atoms with Gasteiger partial charge in [0.15, 0.2) is 11.5 Å². The average Bonchev–Trinajstić information content (AvgIpc) is 2.36. The van der Waals surface area contributed by atoms with Gasteiger partial charge in [-0.2, -0.15) is 0 Å². The highest BCUT2D eigenvalue weighted by molar-refractivity contribution is 5.55. The summed E-state index contributed by atoms with van der Waals surface area (Å²) in [5.41, 5.74) is 0.888. The predicted molar refractivity (Wildman–Crippen MR) is 74.0 cm³/mol. The maximum Gasteiger partial charge on any atom is 0.161 e. The third-order valence-corrected chi connectivity index (χ3v) is 2.94. The summed E-state index contributed by atoms with van der Waals surface area (Å²) >= 11 is 0. The number of benzene rings is 1. The number of ether oxygens (including phenoxy) is 2. The number of aromatic hydroxyl groups is 1. The zero-order valence-corrected chi connectivity index (χ0v) is 11.6. The molecule has 0 heterocycles. The third kappa shape index (κ3) is 4.41. The van der Waals surface area contributed by atoms with Crippen molar-refractivity contribution in [1.29, 1.82) is 0 Å².